The zero-order chi connectivity index (χ0) is 21.8. The monoisotopic (exact) mass is 418 g/mol. The van der Waals surface area contributed by atoms with Crippen molar-refractivity contribution in [1.29, 1.82) is 0 Å². The van der Waals surface area contributed by atoms with Crippen molar-refractivity contribution in [3.63, 3.8) is 0 Å². The Kier molecular flexibility index (Phi) is 3.37. The molecule has 4 heteroatoms. The van der Waals surface area contributed by atoms with Crippen molar-refractivity contribution >= 4 is 45.3 Å². The summed E-state index contributed by atoms with van der Waals surface area (Å²) >= 11 is 0. The number of fused-ring (bicyclic) bond motifs is 6. The molecule has 32 heavy (non-hydrogen) atoms. The van der Waals surface area contributed by atoms with E-state index in [2.05, 4.69) is 82.3 Å². The van der Waals surface area contributed by atoms with Crippen LogP contribution in [0.5, 0.6) is 0 Å². The highest BCUT2D eigenvalue weighted by Crippen LogP contribution is 2.50. The molecule has 5 aromatic rings. The molecule has 0 amide bonds. The first-order valence-electron chi connectivity index (χ1n) is 11.2. The van der Waals surface area contributed by atoms with E-state index in [1.807, 2.05) is 12.1 Å². The Morgan fingerprint density at radius 2 is 1.34 bits per heavy atom. The summed E-state index contributed by atoms with van der Waals surface area (Å²) in [6.45, 7) is 8.43. The number of benzene rings is 4. The van der Waals surface area contributed by atoms with Crippen LogP contribution in [0.3, 0.4) is 0 Å². The summed E-state index contributed by atoms with van der Waals surface area (Å²) in [5, 5.41) is 4.72. The maximum atomic E-state index is 6.63. The van der Waals surface area contributed by atoms with Gasteiger partial charge in [0.1, 0.15) is 11.2 Å². The molecule has 4 aromatic carbocycles. The molecule has 0 bridgehead atoms. The van der Waals surface area contributed by atoms with Crippen molar-refractivity contribution in [2.45, 2.75) is 38.9 Å². The average molecular weight is 418 g/mol. The summed E-state index contributed by atoms with van der Waals surface area (Å²) in [5.74, 6) is 0. The number of furan rings is 1. The molecule has 1 aliphatic heterocycles. The van der Waals surface area contributed by atoms with E-state index in [0.29, 0.717) is 0 Å². The van der Waals surface area contributed by atoms with Gasteiger partial charge in [-0.1, -0.05) is 54.6 Å². The lowest BCUT2D eigenvalue weighted by Gasteiger charge is -2.32. The van der Waals surface area contributed by atoms with Crippen molar-refractivity contribution in [1.82, 2.24) is 0 Å². The highest BCUT2D eigenvalue weighted by Gasteiger charge is 2.53. The van der Waals surface area contributed by atoms with Crippen LogP contribution in [0.15, 0.2) is 71.1 Å². The molecule has 1 fully saturated rings. The Morgan fingerprint density at radius 3 is 2.09 bits per heavy atom. The molecule has 0 radical (unpaired) electrons. The van der Waals surface area contributed by atoms with Crippen molar-refractivity contribution in [3.05, 3.63) is 66.7 Å². The van der Waals surface area contributed by atoms with E-state index in [9.17, 15) is 0 Å². The van der Waals surface area contributed by atoms with Gasteiger partial charge in [0.15, 0.2) is 0 Å². The summed E-state index contributed by atoms with van der Waals surface area (Å²) in [6, 6.07) is 23.5. The van der Waals surface area contributed by atoms with Crippen molar-refractivity contribution in [3.8, 4) is 22.3 Å². The van der Waals surface area contributed by atoms with Gasteiger partial charge in [0.2, 0.25) is 0 Å². The lowest BCUT2D eigenvalue weighted by molar-refractivity contribution is 0.00578. The summed E-state index contributed by atoms with van der Waals surface area (Å²) in [5.41, 5.74) is 6.85. The number of rotatable bonds is 1. The molecule has 0 N–H and O–H groups in total. The van der Waals surface area contributed by atoms with Crippen LogP contribution in [-0.4, -0.2) is 18.3 Å². The smallest absolute Gasteiger partial charge is 0.456 e. The topological polar surface area (TPSA) is 31.6 Å². The summed E-state index contributed by atoms with van der Waals surface area (Å²) in [6.07, 6.45) is 0. The number of hydrogen-bond acceptors (Lipinski definition) is 3. The van der Waals surface area contributed by atoms with Gasteiger partial charge >= 0.3 is 7.12 Å². The Hall–Kier alpha value is -3.08. The molecular formula is C28H23BO3. The van der Waals surface area contributed by atoms with Gasteiger partial charge < -0.3 is 13.7 Å². The second-order valence-corrected chi connectivity index (χ2v) is 9.98. The van der Waals surface area contributed by atoms with E-state index in [4.69, 9.17) is 13.7 Å². The molecule has 0 unspecified atom stereocenters. The van der Waals surface area contributed by atoms with Gasteiger partial charge in [-0.2, -0.15) is 0 Å². The highest BCUT2D eigenvalue weighted by atomic mass is 16.7. The highest BCUT2D eigenvalue weighted by molar-refractivity contribution is 6.68. The van der Waals surface area contributed by atoms with Gasteiger partial charge in [0.05, 0.1) is 11.2 Å². The molecular weight excluding hydrogens is 395 g/mol. The SMILES string of the molecule is CC1(C)OB(c2c3c(cc4oc5ccccc5c24)-c2cccc4cccc-3c24)OC1(C)C. The average Bonchev–Trinajstić information content (AvgIpc) is 3.36. The standard InChI is InChI=1S/C28H23BO3/c1-27(2)28(3,4)32-29(31-27)26-24-19-13-8-10-16-9-7-12-17(23(16)19)20(24)15-22-25(26)18-11-5-6-14-21(18)30-22/h5-15H,1-4H3. The van der Waals surface area contributed by atoms with Gasteiger partial charge in [-0.25, -0.2) is 0 Å². The lowest BCUT2D eigenvalue weighted by atomic mass is 9.71. The second kappa shape index (κ2) is 5.83. The van der Waals surface area contributed by atoms with Gasteiger partial charge in [0.25, 0.3) is 0 Å². The van der Waals surface area contributed by atoms with E-state index in [-0.39, 0.29) is 0 Å². The molecule has 0 spiro atoms. The van der Waals surface area contributed by atoms with Crippen LogP contribution in [0.4, 0.5) is 0 Å². The molecule has 156 valence electrons. The largest absolute Gasteiger partial charge is 0.496 e. The molecule has 3 nitrogen and oxygen atoms in total. The minimum absolute atomic E-state index is 0.427. The first kappa shape index (κ1) is 18.5. The molecule has 7 rings (SSSR count). The third kappa shape index (κ3) is 2.19. The predicted octanol–water partition coefficient (Wildman–Crippen LogP) is 6.69. The first-order valence-corrected chi connectivity index (χ1v) is 11.2. The Labute approximate surface area is 187 Å². The first-order chi connectivity index (χ1) is 15.4. The van der Waals surface area contributed by atoms with Crippen LogP contribution in [0.1, 0.15) is 27.7 Å². The van der Waals surface area contributed by atoms with Crippen LogP contribution < -0.4 is 5.46 Å². The van der Waals surface area contributed by atoms with Crippen LogP contribution in [-0.2, 0) is 9.31 Å². The maximum absolute atomic E-state index is 6.63. The number of hydrogen-bond donors (Lipinski definition) is 0. The van der Waals surface area contributed by atoms with Crippen molar-refractivity contribution in [2.24, 2.45) is 0 Å². The van der Waals surface area contributed by atoms with E-state index >= 15 is 0 Å². The van der Waals surface area contributed by atoms with E-state index in [1.165, 1.54) is 33.0 Å². The van der Waals surface area contributed by atoms with Crippen molar-refractivity contribution in [2.75, 3.05) is 0 Å². The summed E-state index contributed by atoms with van der Waals surface area (Å²) < 4.78 is 19.6. The lowest BCUT2D eigenvalue weighted by Crippen LogP contribution is -2.41. The minimum Gasteiger partial charge on any atom is -0.456 e. The van der Waals surface area contributed by atoms with Gasteiger partial charge in [-0.3, -0.25) is 0 Å². The molecule has 1 saturated heterocycles. The third-order valence-corrected chi connectivity index (χ3v) is 7.66. The molecule has 2 aliphatic rings. The van der Waals surface area contributed by atoms with Crippen LogP contribution >= 0.6 is 0 Å². The Bertz CT molecular complexity index is 1570. The van der Waals surface area contributed by atoms with Crippen LogP contribution in [0.2, 0.25) is 0 Å². The zero-order valence-electron chi connectivity index (χ0n) is 18.7. The van der Waals surface area contributed by atoms with E-state index in [1.54, 1.807) is 0 Å². The molecule has 0 saturated carbocycles. The van der Waals surface area contributed by atoms with Gasteiger partial charge in [-0.15, -0.1) is 0 Å². The fourth-order valence-corrected chi connectivity index (χ4v) is 5.39. The molecule has 2 heterocycles. The van der Waals surface area contributed by atoms with E-state index in [0.717, 1.165) is 27.4 Å². The predicted molar refractivity (Wildman–Crippen MR) is 131 cm³/mol. The molecule has 0 atom stereocenters. The summed E-state index contributed by atoms with van der Waals surface area (Å²) in [4.78, 5) is 0. The fraction of sp³-hybridized carbons (Fsp3) is 0.214. The maximum Gasteiger partial charge on any atom is 0.496 e. The fourth-order valence-electron chi connectivity index (χ4n) is 5.39. The Balaban J connectivity index is 1.65. The molecule has 1 aliphatic carbocycles. The van der Waals surface area contributed by atoms with Gasteiger partial charge in [-0.05, 0) is 72.9 Å². The van der Waals surface area contributed by atoms with Crippen molar-refractivity contribution < 1.29 is 13.7 Å². The second-order valence-electron chi connectivity index (χ2n) is 9.98. The quantitative estimate of drug-likeness (QED) is 0.279. The zero-order valence-corrected chi connectivity index (χ0v) is 18.7. The van der Waals surface area contributed by atoms with Gasteiger partial charge in [0, 0.05) is 16.2 Å². The van der Waals surface area contributed by atoms with E-state index < -0.39 is 18.3 Å². The third-order valence-electron chi connectivity index (χ3n) is 7.66. The van der Waals surface area contributed by atoms with Crippen LogP contribution in [0.25, 0.3) is 55.0 Å². The number of para-hydroxylation sites is 1. The normalized spacial score (nSPS) is 18.2. The molecule has 1 aromatic heterocycles. The van der Waals surface area contributed by atoms with Crippen LogP contribution in [0, 0.1) is 0 Å². The Morgan fingerprint density at radius 1 is 0.656 bits per heavy atom. The minimum atomic E-state index is -0.483. The summed E-state index contributed by atoms with van der Waals surface area (Å²) in [7, 11) is -0.483.